The highest BCUT2D eigenvalue weighted by atomic mass is 16.2. The van der Waals surface area contributed by atoms with Crippen molar-refractivity contribution in [1.29, 1.82) is 0 Å². The van der Waals surface area contributed by atoms with Crippen molar-refractivity contribution in [3.63, 3.8) is 0 Å². The molecule has 1 atom stereocenters. The SMILES string of the molecule is CC(C)c1ccc(C(=O)NC2CCN(C(=O)C(C)N3C(=O)c4ccccc4C3=O)CC2)cc1. The summed E-state index contributed by atoms with van der Waals surface area (Å²) < 4.78 is 0. The fourth-order valence-electron chi connectivity index (χ4n) is 4.47. The van der Waals surface area contributed by atoms with Gasteiger partial charge in [0.1, 0.15) is 6.04 Å². The van der Waals surface area contributed by atoms with Gasteiger partial charge in [0.25, 0.3) is 17.7 Å². The largest absolute Gasteiger partial charge is 0.349 e. The van der Waals surface area contributed by atoms with E-state index in [9.17, 15) is 19.2 Å². The van der Waals surface area contributed by atoms with Crippen molar-refractivity contribution in [2.75, 3.05) is 13.1 Å². The molecule has 2 aromatic rings. The van der Waals surface area contributed by atoms with Gasteiger partial charge < -0.3 is 10.2 Å². The average Bonchev–Trinajstić information content (AvgIpc) is 3.08. The summed E-state index contributed by atoms with van der Waals surface area (Å²) in [6.07, 6.45) is 1.24. The van der Waals surface area contributed by atoms with Crippen molar-refractivity contribution >= 4 is 23.6 Å². The molecule has 2 aliphatic heterocycles. The fourth-order valence-corrected chi connectivity index (χ4v) is 4.47. The standard InChI is InChI=1S/C26H29N3O4/c1-16(2)18-8-10-19(11-9-18)23(30)27-20-12-14-28(15-13-20)24(31)17(3)29-25(32)21-6-4-5-7-22(21)26(29)33/h4-11,16-17,20H,12-15H2,1-3H3,(H,27,30). The number of nitrogens with one attached hydrogen (secondary N) is 1. The van der Waals surface area contributed by atoms with Crippen LogP contribution in [0.2, 0.25) is 0 Å². The Labute approximate surface area is 193 Å². The van der Waals surface area contributed by atoms with E-state index in [0.717, 1.165) is 4.90 Å². The van der Waals surface area contributed by atoms with Crippen LogP contribution in [0.15, 0.2) is 48.5 Å². The summed E-state index contributed by atoms with van der Waals surface area (Å²) >= 11 is 0. The maximum atomic E-state index is 13.1. The minimum absolute atomic E-state index is 0.0269. The number of nitrogens with zero attached hydrogens (tertiary/aromatic N) is 2. The van der Waals surface area contributed by atoms with Gasteiger partial charge in [-0.2, -0.15) is 0 Å². The van der Waals surface area contributed by atoms with Gasteiger partial charge in [0.15, 0.2) is 0 Å². The zero-order chi connectivity index (χ0) is 23.7. The Morgan fingerprint density at radius 3 is 1.94 bits per heavy atom. The Morgan fingerprint density at radius 1 is 0.879 bits per heavy atom. The Hall–Kier alpha value is -3.48. The van der Waals surface area contributed by atoms with Crippen LogP contribution in [-0.2, 0) is 4.79 Å². The molecule has 1 fully saturated rings. The van der Waals surface area contributed by atoms with E-state index in [2.05, 4.69) is 19.2 Å². The van der Waals surface area contributed by atoms with Crippen molar-refractivity contribution in [3.8, 4) is 0 Å². The van der Waals surface area contributed by atoms with E-state index in [1.165, 1.54) is 5.56 Å². The predicted octanol–water partition coefficient (Wildman–Crippen LogP) is 3.22. The predicted molar refractivity (Wildman–Crippen MR) is 124 cm³/mol. The monoisotopic (exact) mass is 447 g/mol. The third-order valence-electron chi connectivity index (χ3n) is 6.55. The number of piperidine rings is 1. The number of likely N-dealkylation sites (tertiary alicyclic amines) is 1. The molecule has 0 aromatic heterocycles. The normalized spacial score (nSPS) is 17.3. The zero-order valence-electron chi connectivity index (χ0n) is 19.2. The lowest BCUT2D eigenvalue weighted by Crippen LogP contribution is -2.53. The molecule has 4 rings (SSSR count). The van der Waals surface area contributed by atoms with E-state index < -0.39 is 17.9 Å². The molecule has 33 heavy (non-hydrogen) atoms. The summed E-state index contributed by atoms with van der Waals surface area (Å²) in [6.45, 7) is 6.74. The number of carbonyl (C=O) groups is 4. The summed E-state index contributed by atoms with van der Waals surface area (Å²) in [5.74, 6) is -0.816. The van der Waals surface area contributed by atoms with Gasteiger partial charge in [-0.15, -0.1) is 0 Å². The number of fused-ring (bicyclic) bond motifs is 1. The minimum atomic E-state index is -0.872. The highest BCUT2D eigenvalue weighted by Crippen LogP contribution is 2.25. The highest BCUT2D eigenvalue weighted by molar-refractivity contribution is 6.22. The maximum Gasteiger partial charge on any atom is 0.262 e. The molecular weight excluding hydrogens is 418 g/mol. The van der Waals surface area contributed by atoms with Crippen LogP contribution in [0, 0.1) is 0 Å². The average molecular weight is 448 g/mol. The molecule has 2 heterocycles. The molecule has 0 saturated carbocycles. The topological polar surface area (TPSA) is 86.8 Å². The van der Waals surface area contributed by atoms with Crippen molar-refractivity contribution in [3.05, 3.63) is 70.8 Å². The third-order valence-corrected chi connectivity index (χ3v) is 6.55. The number of imide groups is 1. The lowest BCUT2D eigenvalue weighted by molar-refractivity contribution is -0.136. The second-order valence-electron chi connectivity index (χ2n) is 9.05. The minimum Gasteiger partial charge on any atom is -0.349 e. The van der Waals surface area contributed by atoms with Crippen LogP contribution in [0.3, 0.4) is 0 Å². The summed E-state index contributed by atoms with van der Waals surface area (Å²) in [4.78, 5) is 53.8. The van der Waals surface area contributed by atoms with E-state index >= 15 is 0 Å². The third kappa shape index (κ3) is 4.40. The van der Waals surface area contributed by atoms with Gasteiger partial charge in [0.2, 0.25) is 5.91 Å². The van der Waals surface area contributed by atoms with Crippen LogP contribution in [0.4, 0.5) is 0 Å². The molecule has 0 aliphatic carbocycles. The molecule has 4 amide bonds. The van der Waals surface area contributed by atoms with Crippen molar-refractivity contribution in [2.24, 2.45) is 0 Å². The first-order valence-electron chi connectivity index (χ1n) is 11.4. The summed E-state index contributed by atoms with van der Waals surface area (Å²) in [5.41, 5.74) is 2.48. The van der Waals surface area contributed by atoms with Gasteiger partial charge >= 0.3 is 0 Å². The second kappa shape index (κ2) is 9.17. The van der Waals surface area contributed by atoms with Crippen LogP contribution in [0.5, 0.6) is 0 Å². The van der Waals surface area contributed by atoms with Gasteiger partial charge in [-0.1, -0.05) is 38.1 Å². The Kier molecular flexibility index (Phi) is 6.31. The molecule has 1 unspecified atom stereocenters. The van der Waals surface area contributed by atoms with Crippen molar-refractivity contribution in [1.82, 2.24) is 15.1 Å². The quantitative estimate of drug-likeness (QED) is 0.713. The molecule has 2 aliphatic rings. The first-order chi connectivity index (χ1) is 15.8. The van der Waals surface area contributed by atoms with Gasteiger partial charge in [-0.25, -0.2) is 0 Å². The summed E-state index contributed by atoms with van der Waals surface area (Å²) in [5, 5.41) is 3.06. The van der Waals surface area contributed by atoms with Gasteiger partial charge in [0.05, 0.1) is 11.1 Å². The number of rotatable bonds is 5. The van der Waals surface area contributed by atoms with E-state index in [-0.39, 0.29) is 17.9 Å². The molecule has 1 N–H and O–H groups in total. The van der Waals surface area contributed by atoms with Gasteiger partial charge in [0, 0.05) is 24.7 Å². The number of hydrogen-bond acceptors (Lipinski definition) is 4. The maximum absolute atomic E-state index is 13.1. The lowest BCUT2D eigenvalue weighted by Gasteiger charge is -2.35. The molecular formula is C26H29N3O4. The number of hydrogen-bond donors (Lipinski definition) is 1. The Balaban J connectivity index is 1.32. The Bertz CT molecular complexity index is 1050. The van der Waals surface area contributed by atoms with Crippen LogP contribution in [-0.4, -0.2) is 58.6 Å². The van der Waals surface area contributed by atoms with Crippen molar-refractivity contribution < 1.29 is 19.2 Å². The van der Waals surface area contributed by atoms with E-state index in [1.807, 2.05) is 24.3 Å². The van der Waals surface area contributed by atoms with Crippen LogP contribution in [0.1, 0.15) is 76.2 Å². The number of benzene rings is 2. The molecule has 7 nitrogen and oxygen atoms in total. The van der Waals surface area contributed by atoms with Gasteiger partial charge in [-0.3, -0.25) is 24.1 Å². The fraction of sp³-hybridized carbons (Fsp3) is 0.385. The first-order valence-corrected chi connectivity index (χ1v) is 11.4. The summed E-state index contributed by atoms with van der Waals surface area (Å²) in [6, 6.07) is 13.4. The lowest BCUT2D eigenvalue weighted by atomic mass is 10.0. The van der Waals surface area contributed by atoms with Crippen LogP contribution >= 0.6 is 0 Å². The second-order valence-corrected chi connectivity index (χ2v) is 9.05. The first kappa shape index (κ1) is 22.7. The van der Waals surface area contributed by atoms with Crippen molar-refractivity contribution in [2.45, 2.75) is 51.6 Å². The van der Waals surface area contributed by atoms with E-state index in [4.69, 9.17) is 0 Å². The number of amides is 4. The van der Waals surface area contributed by atoms with Crippen LogP contribution in [0.25, 0.3) is 0 Å². The highest BCUT2D eigenvalue weighted by Gasteiger charge is 2.42. The van der Waals surface area contributed by atoms with E-state index in [1.54, 1.807) is 36.1 Å². The smallest absolute Gasteiger partial charge is 0.262 e. The molecule has 0 bridgehead atoms. The molecule has 0 radical (unpaired) electrons. The number of carbonyl (C=O) groups excluding carboxylic acids is 4. The molecule has 0 spiro atoms. The molecule has 2 aromatic carbocycles. The Morgan fingerprint density at radius 2 is 1.42 bits per heavy atom. The van der Waals surface area contributed by atoms with E-state index in [0.29, 0.717) is 48.5 Å². The molecule has 1 saturated heterocycles. The van der Waals surface area contributed by atoms with Gasteiger partial charge in [-0.05, 0) is 55.5 Å². The molecule has 7 heteroatoms. The zero-order valence-corrected chi connectivity index (χ0v) is 19.2. The van der Waals surface area contributed by atoms with Crippen LogP contribution < -0.4 is 5.32 Å². The summed E-state index contributed by atoms with van der Waals surface area (Å²) in [7, 11) is 0. The molecule has 172 valence electrons.